The van der Waals surface area contributed by atoms with Gasteiger partial charge in [-0.25, -0.2) is 0 Å². The van der Waals surface area contributed by atoms with E-state index in [0.717, 1.165) is 11.3 Å². The summed E-state index contributed by atoms with van der Waals surface area (Å²) in [5.41, 5.74) is 1.32. The van der Waals surface area contributed by atoms with E-state index in [1.165, 1.54) is 6.20 Å². The number of aromatic nitrogens is 1. The fraction of sp³-hybridized carbons (Fsp3) is 0.143. The number of hydrogen-bond acceptors (Lipinski definition) is 3. The first-order valence-electron chi connectivity index (χ1n) is 5.47. The number of ketones is 1. The van der Waals surface area contributed by atoms with Gasteiger partial charge in [0.25, 0.3) is 0 Å². The lowest BCUT2D eigenvalue weighted by atomic mass is 10.1. The zero-order valence-corrected chi connectivity index (χ0v) is 10.6. The maximum absolute atomic E-state index is 12.0. The van der Waals surface area contributed by atoms with Crippen LogP contribution in [0.25, 0.3) is 0 Å². The lowest BCUT2D eigenvalue weighted by molar-refractivity contribution is 0.0988. The van der Waals surface area contributed by atoms with Crippen LogP contribution >= 0.6 is 11.6 Å². The van der Waals surface area contributed by atoms with Gasteiger partial charge in [-0.3, -0.25) is 9.78 Å². The molecule has 0 saturated carbocycles. The van der Waals surface area contributed by atoms with Gasteiger partial charge < -0.3 is 4.74 Å². The van der Waals surface area contributed by atoms with Crippen molar-refractivity contribution >= 4 is 17.4 Å². The standard InChI is InChI=1S/C14H12ClNO2/c1-18-12-4-2-3-10(7-12)8-14(17)13-6-5-11(15)9-16-13/h2-7,9H,8H2,1H3. The number of benzene rings is 1. The van der Waals surface area contributed by atoms with Gasteiger partial charge in [0.05, 0.1) is 12.1 Å². The number of carbonyl (C=O) groups is 1. The molecule has 0 spiro atoms. The molecule has 0 aliphatic rings. The summed E-state index contributed by atoms with van der Waals surface area (Å²) in [6, 6.07) is 10.7. The maximum Gasteiger partial charge on any atom is 0.185 e. The highest BCUT2D eigenvalue weighted by Gasteiger charge is 2.08. The van der Waals surface area contributed by atoms with Crippen molar-refractivity contribution in [1.82, 2.24) is 4.98 Å². The zero-order chi connectivity index (χ0) is 13.0. The normalized spacial score (nSPS) is 10.1. The molecule has 92 valence electrons. The number of carbonyl (C=O) groups excluding carboxylic acids is 1. The Morgan fingerprint density at radius 3 is 2.83 bits per heavy atom. The molecule has 0 unspecified atom stereocenters. The third-order valence-corrected chi connectivity index (χ3v) is 2.74. The van der Waals surface area contributed by atoms with Gasteiger partial charge >= 0.3 is 0 Å². The van der Waals surface area contributed by atoms with Crippen LogP contribution in [-0.4, -0.2) is 17.9 Å². The van der Waals surface area contributed by atoms with Crippen LogP contribution in [0.3, 0.4) is 0 Å². The monoisotopic (exact) mass is 261 g/mol. The average Bonchev–Trinajstić information content (AvgIpc) is 2.39. The van der Waals surface area contributed by atoms with Crippen LogP contribution in [0.5, 0.6) is 5.75 Å². The number of hydrogen-bond donors (Lipinski definition) is 0. The number of rotatable bonds is 4. The molecule has 4 heteroatoms. The molecule has 0 atom stereocenters. The summed E-state index contributed by atoms with van der Waals surface area (Å²) in [4.78, 5) is 16.0. The first kappa shape index (κ1) is 12.6. The Kier molecular flexibility index (Phi) is 3.95. The minimum Gasteiger partial charge on any atom is -0.497 e. The summed E-state index contributed by atoms with van der Waals surface area (Å²) in [6.07, 6.45) is 1.77. The van der Waals surface area contributed by atoms with Gasteiger partial charge in [0, 0.05) is 12.6 Å². The second kappa shape index (κ2) is 5.65. The number of ether oxygens (including phenoxy) is 1. The molecule has 2 aromatic rings. The molecule has 0 amide bonds. The molecule has 0 N–H and O–H groups in total. The number of Topliss-reactive ketones (excluding diaryl/α,β-unsaturated/α-hetero) is 1. The van der Waals surface area contributed by atoms with Crippen molar-refractivity contribution in [3.8, 4) is 5.75 Å². The van der Waals surface area contributed by atoms with Crippen molar-refractivity contribution in [2.24, 2.45) is 0 Å². The van der Waals surface area contributed by atoms with Gasteiger partial charge in [-0.05, 0) is 29.8 Å². The topological polar surface area (TPSA) is 39.2 Å². The predicted octanol–water partition coefficient (Wildman–Crippen LogP) is 3.17. The van der Waals surface area contributed by atoms with Crippen LogP contribution < -0.4 is 4.74 Å². The molecule has 0 bridgehead atoms. The molecule has 3 nitrogen and oxygen atoms in total. The van der Waals surface area contributed by atoms with Gasteiger partial charge in [0.15, 0.2) is 5.78 Å². The van der Waals surface area contributed by atoms with E-state index in [4.69, 9.17) is 16.3 Å². The molecule has 0 aliphatic carbocycles. The van der Waals surface area contributed by atoms with E-state index in [2.05, 4.69) is 4.98 Å². The van der Waals surface area contributed by atoms with Gasteiger partial charge in [-0.2, -0.15) is 0 Å². The summed E-state index contributed by atoms with van der Waals surface area (Å²) >= 11 is 5.73. The number of halogens is 1. The second-order valence-corrected chi connectivity index (χ2v) is 4.25. The Hall–Kier alpha value is -1.87. The Bertz CT molecular complexity index is 552. The highest BCUT2D eigenvalue weighted by molar-refractivity contribution is 6.30. The lowest BCUT2D eigenvalue weighted by Crippen LogP contribution is -2.05. The highest BCUT2D eigenvalue weighted by atomic mass is 35.5. The van der Waals surface area contributed by atoms with Crippen LogP contribution in [0, 0.1) is 0 Å². The van der Waals surface area contributed by atoms with Gasteiger partial charge in [0.2, 0.25) is 0 Å². The minimum atomic E-state index is -0.0417. The van der Waals surface area contributed by atoms with Crippen molar-refractivity contribution < 1.29 is 9.53 Å². The van der Waals surface area contributed by atoms with Gasteiger partial charge in [-0.1, -0.05) is 23.7 Å². The summed E-state index contributed by atoms with van der Waals surface area (Å²) in [6.45, 7) is 0. The van der Waals surface area contributed by atoms with Crippen LogP contribution in [0.4, 0.5) is 0 Å². The van der Waals surface area contributed by atoms with Crippen LogP contribution in [0.15, 0.2) is 42.6 Å². The smallest absolute Gasteiger partial charge is 0.185 e. The zero-order valence-electron chi connectivity index (χ0n) is 9.89. The molecule has 2 rings (SSSR count). The minimum absolute atomic E-state index is 0.0417. The quantitative estimate of drug-likeness (QED) is 0.794. The SMILES string of the molecule is COc1cccc(CC(=O)c2ccc(Cl)cn2)c1. The Balaban J connectivity index is 2.13. The Morgan fingerprint density at radius 1 is 1.33 bits per heavy atom. The van der Waals surface area contributed by atoms with Crippen molar-refractivity contribution in [2.75, 3.05) is 7.11 Å². The van der Waals surface area contributed by atoms with Crippen LogP contribution in [0.2, 0.25) is 5.02 Å². The molecule has 0 radical (unpaired) electrons. The molecule has 1 heterocycles. The molecule has 18 heavy (non-hydrogen) atoms. The van der Waals surface area contributed by atoms with E-state index in [1.54, 1.807) is 19.2 Å². The largest absolute Gasteiger partial charge is 0.497 e. The van der Waals surface area contributed by atoms with E-state index in [1.807, 2.05) is 24.3 Å². The first-order chi connectivity index (χ1) is 8.69. The first-order valence-corrected chi connectivity index (χ1v) is 5.84. The van der Waals surface area contributed by atoms with Crippen molar-refractivity contribution in [3.63, 3.8) is 0 Å². The molecule has 0 aliphatic heterocycles. The number of pyridine rings is 1. The number of methoxy groups -OCH3 is 1. The van der Waals surface area contributed by atoms with E-state index in [0.29, 0.717) is 17.1 Å². The fourth-order valence-electron chi connectivity index (χ4n) is 1.60. The van der Waals surface area contributed by atoms with Crippen molar-refractivity contribution in [3.05, 3.63) is 58.9 Å². The molecule has 1 aromatic heterocycles. The molecular weight excluding hydrogens is 250 g/mol. The molecule has 0 fully saturated rings. The van der Waals surface area contributed by atoms with E-state index >= 15 is 0 Å². The van der Waals surface area contributed by atoms with Gasteiger partial charge in [0.1, 0.15) is 11.4 Å². The van der Waals surface area contributed by atoms with Crippen molar-refractivity contribution in [2.45, 2.75) is 6.42 Å². The van der Waals surface area contributed by atoms with Crippen LogP contribution in [0.1, 0.15) is 16.1 Å². The second-order valence-electron chi connectivity index (χ2n) is 3.81. The molecule has 0 saturated heterocycles. The maximum atomic E-state index is 12.0. The van der Waals surface area contributed by atoms with Crippen LogP contribution in [-0.2, 0) is 6.42 Å². The van der Waals surface area contributed by atoms with E-state index in [-0.39, 0.29) is 5.78 Å². The van der Waals surface area contributed by atoms with E-state index < -0.39 is 0 Å². The summed E-state index contributed by atoms with van der Waals surface area (Å²) in [5.74, 6) is 0.698. The fourth-order valence-corrected chi connectivity index (χ4v) is 1.71. The summed E-state index contributed by atoms with van der Waals surface area (Å²) < 4.78 is 5.11. The van der Waals surface area contributed by atoms with Gasteiger partial charge in [-0.15, -0.1) is 0 Å². The molecular formula is C14H12ClNO2. The molecule has 1 aromatic carbocycles. The average molecular weight is 262 g/mol. The highest BCUT2D eigenvalue weighted by Crippen LogP contribution is 2.15. The number of nitrogens with zero attached hydrogens (tertiary/aromatic N) is 1. The third kappa shape index (κ3) is 3.08. The van der Waals surface area contributed by atoms with E-state index in [9.17, 15) is 4.79 Å². The predicted molar refractivity (Wildman–Crippen MR) is 70.3 cm³/mol. The summed E-state index contributed by atoms with van der Waals surface area (Å²) in [7, 11) is 1.60. The van der Waals surface area contributed by atoms with Crippen molar-refractivity contribution in [1.29, 1.82) is 0 Å². The summed E-state index contributed by atoms with van der Waals surface area (Å²) in [5, 5.41) is 0.521. The third-order valence-electron chi connectivity index (χ3n) is 2.51. The Morgan fingerprint density at radius 2 is 2.17 bits per heavy atom. The Labute approximate surface area is 110 Å². The lowest BCUT2D eigenvalue weighted by Gasteiger charge is -2.04.